The quantitative estimate of drug-likeness (QED) is 0.931. The van der Waals surface area contributed by atoms with Crippen molar-refractivity contribution < 1.29 is 4.79 Å². The second kappa shape index (κ2) is 5.77. The molecule has 5 nitrogen and oxygen atoms in total. The van der Waals surface area contributed by atoms with Crippen LogP contribution in [0.5, 0.6) is 0 Å². The second-order valence-electron chi connectivity index (χ2n) is 5.70. The number of hydrogen-bond donors (Lipinski definition) is 1. The van der Waals surface area contributed by atoms with E-state index in [9.17, 15) is 9.59 Å². The van der Waals surface area contributed by atoms with E-state index in [2.05, 4.69) is 14.9 Å². The number of Topliss-reactive ketones (excluding diaryl/α,β-unsaturated/α-hetero) is 1. The van der Waals surface area contributed by atoms with Crippen LogP contribution in [-0.4, -0.2) is 33.2 Å². The predicted octanol–water partition coefficient (Wildman–Crippen LogP) is 1.87. The van der Waals surface area contributed by atoms with Gasteiger partial charge in [-0.15, -0.1) is 0 Å². The number of fused-ring (bicyclic) bond motifs is 1. The fourth-order valence-corrected chi connectivity index (χ4v) is 3.07. The standard InChI is InChI=1S/C16H19N3O2/c1-11(20)9-12-5-4-8-19(12)10-15-17-14-7-3-2-6-13(14)16(21)18-15/h2-3,6-7,12H,4-5,8-10H2,1H3,(H,17,18,21). The number of carbonyl (C=O) groups is 1. The normalized spacial score (nSPS) is 19.2. The van der Waals surface area contributed by atoms with Gasteiger partial charge in [0.05, 0.1) is 17.4 Å². The highest BCUT2D eigenvalue weighted by Gasteiger charge is 2.26. The third-order valence-corrected chi connectivity index (χ3v) is 4.04. The minimum Gasteiger partial charge on any atom is -0.309 e. The Morgan fingerprint density at radius 2 is 2.24 bits per heavy atom. The number of nitrogens with zero attached hydrogens (tertiary/aromatic N) is 2. The average Bonchev–Trinajstić information content (AvgIpc) is 2.85. The van der Waals surface area contributed by atoms with Gasteiger partial charge in [0.1, 0.15) is 11.6 Å². The summed E-state index contributed by atoms with van der Waals surface area (Å²) in [5.41, 5.74) is 0.622. The van der Waals surface area contributed by atoms with Crippen LogP contribution in [0, 0.1) is 0 Å². The number of benzene rings is 1. The zero-order chi connectivity index (χ0) is 14.8. The van der Waals surface area contributed by atoms with E-state index in [1.807, 2.05) is 18.2 Å². The summed E-state index contributed by atoms with van der Waals surface area (Å²) >= 11 is 0. The molecule has 1 saturated heterocycles. The molecule has 1 aliphatic rings. The van der Waals surface area contributed by atoms with Gasteiger partial charge >= 0.3 is 0 Å². The van der Waals surface area contributed by atoms with Crippen LogP contribution in [0.1, 0.15) is 32.0 Å². The molecule has 1 unspecified atom stereocenters. The maximum atomic E-state index is 12.1. The summed E-state index contributed by atoms with van der Waals surface area (Å²) in [6.45, 7) is 3.18. The van der Waals surface area contributed by atoms with E-state index in [1.54, 1.807) is 13.0 Å². The minimum atomic E-state index is -0.0992. The first-order valence-corrected chi connectivity index (χ1v) is 7.35. The number of aromatic amines is 1. The third kappa shape index (κ3) is 3.03. The fraction of sp³-hybridized carbons (Fsp3) is 0.438. The third-order valence-electron chi connectivity index (χ3n) is 4.04. The highest BCUT2D eigenvalue weighted by molar-refractivity contribution is 5.77. The van der Waals surface area contributed by atoms with Crippen molar-refractivity contribution in [3.8, 4) is 0 Å². The summed E-state index contributed by atoms with van der Waals surface area (Å²) < 4.78 is 0. The first kappa shape index (κ1) is 13.9. The first-order valence-electron chi connectivity index (χ1n) is 7.35. The molecule has 0 aliphatic carbocycles. The molecule has 1 atom stereocenters. The number of aromatic nitrogens is 2. The van der Waals surface area contributed by atoms with Crippen LogP contribution in [0.25, 0.3) is 10.9 Å². The van der Waals surface area contributed by atoms with Crippen LogP contribution in [-0.2, 0) is 11.3 Å². The molecule has 0 radical (unpaired) electrons. The van der Waals surface area contributed by atoms with Gasteiger partial charge in [-0.1, -0.05) is 12.1 Å². The molecule has 0 bridgehead atoms. The van der Waals surface area contributed by atoms with Gasteiger partial charge in [0.15, 0.2) is 0 Å². The molecule has 1 aliphatic heterocycles. The molecular formula is C16H19N3O2. The van der Waals surface area contributed by atoms with E-state index < -0.39 is 0 Å². The number of likely N-dealkylation sites (tertiary alicyclic amines) is 1. The van der Waals surface area contributed by atoms with Crippen molar-refractivity contribution >= 4 is 16.7 Å². The zero-order valence-corrected chi connectivity index (χ0v) is 12.1. The van der Waals surface area contributed by atoms with Gasteiger partial charge in [0.2, 0.25) is 0 Å². The smallest absolute Gasteiger partial charge is 0.258 e. The van der Waals surface area contributed by atoms with Gasteiger partial charge in [-0.25, -0.2) is 4.98 Å². The SMILES string of the molecule is CC(=O)CC1CCCN1Cc1nc2ccccc2c(=O)[nH]1. The molecule has 21 heavy (non-hydrogen) atoms. The van der Waals surface area contributed by atoms with Gasteiger partial charge < -0.3 is 4.98 Å². The van der Waals surface area contributed by atoms with Crippen molar-refractivity contribution in [3.05, 3.63) is 40.4 Å². The van der Waals surface area contributed by atoms with E-state index in [-0.39, 0.29) is 17.4 Å². The lowest BCUT2D eigenvalue weighted by atomic mass is 10.1. The largest absolute Gasteiger partial charge is 0.309 e. The van der Waals surface area contributed by atoms with Gasteiger partial charge in [0.25, 0.3) is 5.56 Å². The Kier molecular flexibility index (Phi) is 3.84. The van der Waals surface area contributed by atoms with E-state index in [4.69, 9.17) is 0 Å². The maximum absolute atomic E-state index is 12.1. The number of nitrogens with one attached hydrogen (secondary N) is 1. The molecule has 0 saturated carbocycles. The molecule has 2 aromatic rings. The van der Waals surface area contributed by atoms with Gasteiger partial charge in [0, 0.05) is 12.5 Å². The van der Waals surface area contributed by atoms with E-state index in [0.29, 0.717) is 24.2 Å². The number of ketones is 1. The molecule has 3 rings (SSSR count). The molecule has 2 heterocycles. The maximum Gasteiger partial charge on any atom is 0.258 e. The number of rotatable bonds is 4. The van der Waals surface area contributed by atoms with E-state index in [0.717, 1.165) is 24.9 Å². The van der Waals surface area contributed by atoms with Crippen molar-refractivity contribution in [2.45, 2.75) is 38.8 Å². The summed E-state index contributed by atoms with van der Waals surface area (Å²) in [7, 11) is 0. The van der Waals surface area contributed by atoms with Crippen LogP contribution in [0.3, 0.4) is 0 Å². The summed E-state index contributed by atoms with van der Waals surface area (Å²) in [5.74, 6) is 0.890. The van der Waals surface area contributed by atoms with Crippen LogP contribution in [0.4, 0.5) is 0 Å². The molecule has 110 valence electrons. The molecular weight excluding hydrogens is 266 g/mol. The lowest BCUT2D eigenvalue weighted by Gasteiger charge is -2.22. The zero-order valence-electron chi connectivity index (χ0n) is 12.1. The summed E-state index contributed by atoms with van der Waals surface area (Å²) in [5, 5.41) is 0.614. The highest BCUT2D eigenvalue weighted by Crippen LogP contribution is 2.22. The monoisotopic (exact) mass is 285 g/mol. The summed E-state index contributed by atoms with van der Waals surface area (Å²) in [4.78, 5) is 33.0. The molecule has 1 aromatic heterocycles. The topological polar surface area (TPSA) is 66.1 Å². The highest BCUT2D eigenvalue weighted by atomic mass is 16.1. The van der Waals surface area contributed by atoms with E-state index >= 15 is 0 Å². The number of H-pyrrole nitrogens is 1. The van der Waals surface area contributed by atoms with Crippen molar-refractivity contribution in [1.29, 1.82) is 0 Å². The Labute approximate surface area is 123 Å². The van der Waals surface area contributed by atoms with Crippen LogP contribution in [0.2, 0.25) is 0 Å². The molecule has 1 aromatic carbocycles. The Balaban J connectivity index is 1.84. The number of hydrogen-bond acceptors (Lipinski definition) is 4. The van der Waals surface area contributed by atoms with Gasteiger partial charge in [-0.2, -0.15) is 0 Å². The van der Waals surface area contributed by atoms with E-state index in [1.165, 1.54) is 0 Å². The summed E-state index contributed by atoms with van der Waals surface area (Å²) in [6.07, 6.45) is 2.71. The van der Waals surface area contributed by atoms with Gasteiger partial charge in [-0.05, 0) is 38.4 Å². The first-order chi connectivity index (χ1) is 10.1. The molecule has 1 fully saturated rings. The van der Waals surface area contributed by atoms with Crippen molar-refractivity contribution in [2.24, 2.45) is 0 Å². The van der Waals surface area contributed by atoms with Crippen molar-refractivity contribution in [2.75, 3.05) is 6.54 Å². The lowest BCUT2D eigenvalue weighted by molar-refractivity contribution is -0.118. The van der Waals surface area contributed by atoms with Crippen LogP contribution in [0.15, 0.2) is 29.1 Å². The Bertz CT molecular complexity index is 723. The lowest BCUT2D eigenvalue weighted by Crippen LogP contribution is -2.32. The molecule has 0 spiro atoms. The average molecular weight is 285 g/mol. The van der Waals surface area contributed by atoms with Crippen molar-refractivity contribution in [3.63, 3.8) is 0 Å². The predicted molar refractivity (Wildman–Crippen MR) is 81.1 cm³/mol. The number of carbonyl (C=O) groups excluding carboxylic acids is 1. The van der Waals surface area contributed by atoms with Crippen molar-refractivity contribution in [1.82, 2.24) is 14.9 Å². The molecule has 0 amide bonds. The Morgan fingerprint density at radius 1 is 1.43 bits per heavy atom. The molecule has 1 N–H and O–H groups in total. The minimum absolute atomic E-state index is 0.0992. The number of para-hydroxylation sites is 1. The van der Waals surface area contributed by atoms with Crippen LogP contribution < -0.4 is 5.56 Å². The van der Waals surface area contributed by atoms with Gasteiger partial charge in [-0.3, -0.25) is 14.5 Å². The Hall–Kier alpha value is -2.01. The fourth-order valence-electron chi connectivity index (χ4n) is 3.07. The van der Waals surface area contributed by atoms with Crippen LogP contribution >= 0.6 is 0 Å². The summed E-state index contributed by atoms with van der Waals surface area (Å²) in [6, 6.07) is 7.62. The second-order valence-corrected chi connectivity index (χ2v) is 5.70. The molecule has 5 heteroatoms. The Morgan fingerprint density at radius 3 is 3.05 bits per heavy atom.